The average molecular weight is 279 g/mol. The van der Waals surface area contributed by atoms with Gasteiger partial charge >= 0.3 is 6.09 Å². The number of nitrogens with zero attached hydrogens (tertiary/aromatic N) is 1. The first kappa shape index (κ1) is 15.8. The van der Waals surface area contributed by atoms with Gasteiger partial charge in [0.15, 0.2) is 5.96 Å². The molecule has 0 atom stereocenters. The van der Waals surface area contributed by atoms with E-state index < -0.39 is 11.7 Å². The molecule has 4 N–H and O–H groups in total. The van der Waals surface area contributed by atoms with Crippen molar-refractivity contribution in [2.24, 2.45) is 5.73 Å². The minimum absolute atomic E-state index is 0.185. The third-order valence-corrected chi connectivity index (χ3v) is 2.47. The highest BCUT2D eigenvalue weighted by Gasteiger charge is 2.23. The molecule has 0 saturated heterocycles. The molecule has 1 rings (SSSR count). The van der Waals surface area contributed by atoms with Crippen LogP contribution in [0.25, 0.3) is 0 Å². The van der Waals surface area contributed by atoms with Crippen LogP contribution >= 0.6 is 0 Å². The number of benzene rings is 1. The normalized spacial score (nSPS) is 10.9. The number of ether oxygens (including phenoxy) is 1. The second kappa shape index (κ2) is 6.27. The lowest BCUT2D eigenvalue weighted by atomic mass is 10.1. The Morgan fingerprint density at radius 3 is 2.35 bits per heavy atom. The van der Waals surface area contributed by atoms with Crippen molar-refractivity contribution in [1.29, 1.82) is 5.41 Å². The van der Waals surface area contributed by atoms with Crippen molar-refractivity contribution in [2.75, 3.05) is 6.54 Å². The zero-order chi connectivity index (χ0) is 15.3. The summed E-state index contributed by atoms with van der Waals surface area (Å²) in [7, 11) is 0. The van der Waals surface area contributed by atoms with Gasteiger partial charge in [-0.25, -0.2) is 9.69 Å². The summed E-state index contributed by atoms with van der Waals surface area (Å²) in [6, 6.07) is 6.65. The van der Waals surface area contributed by atoms with Crippen LogP contribution in [-0.4, -0.2) is 34.2 Å². The monoisotopic (exact) mass is 279 g/mol. The average Bonchev–Trinajstić information content (AvgIpc) is 2.29. The molecule has 0 aromatic heterocycles. The number of carbonyl (C=O) groups is 1. The largest absolute Gasteiger partial charge is 0.508 e. The molecule has 6 heteroatoms. The first-order valence-corrected chi connectivity index (χ1v) is 6.31. The zero-order valence-electron chi connectivity index (χ0n) is 12.0. The molecule has 0 unspecified atom stereocenters. The van der Waals surface area contributed by atoms with Gasteiger partial charge in [0, 0.05) is 6.54 Å². The molecule has 0 aliphatic rings. The van der Waals surface area contributed by atoms with E-state index in [0.717, 1.165) is 10.5 Å². The number of nitrogens with one attached hydrogen (secondary N) is 1. The Morgan fingerprint density at radius 2 is 1.90 bits per heavy atom. The van der Waals surface area contributed by atoms with Crippen molar-refractivity contribution in [3.05, 3.63) is 29.8 Å². The number of guanidine groups is 1. The predicted octanol–water partition coefficient (Wildman–Crippen LogP) is 2.07. The number of aromatic hydroxyl groups is 1. The molecule has 110 valence electrons. The molecule has 0 bridgehead atoms. The van der Waals surface area contributed by atoms with E-state index in [0.29, 0.717) is 6.42 Å². The van der Waals surface area contributed by atoms with Gasteiger partial charge in [0.1, 0.15) is 11.4 Å². The number of phenols is 1. The van der Waals surface area contributed by atoms with Crippen molar-refractivity contribution >= 4 is 12.1 Å². The number of hydrogen-bond donors (Lipinski definition) is 3. The van der Waals surface area contributed by atoms with Gasteiger partial charge in [-0.15, -0.1) is 0 Å². The maximum Gasteiger partial charge on any atom is 0.417 e. The third-order valence-electron chi connectivity index (χ3n) is 2.47. The van der Waals surface area contributed by atoms with Gasteiger partial charge in [-0.2, -0.15) is 0 Å². The number of rotatable bonds is 3. The SMILES string of the molecule is CC(C)(C)OC(=O)N(CCc1ccc(O)cc1)C(=N)N. The van der Waals surface area contributed by atoms with E-state index in [4.69, 9.17) is 15.9 Å². The van der Waals surface area contributed by atoms with Crippen LogP contribution in [-0.2, 0) is 11.2 Å². The number of carbonyl (C=O) groups excluding carboxylic acids is 1. The Morgan fingerprint density at radius 1 is 1.35 bits per heavy atom. The number of amides is 1. The summed E-state index contributed by atoms with van der Waals surface area (Å²) in [6.45, 7) is 5.50. The number of nitrogens with two attached hydrogens (primary N) is 1. The Bertz CT molecular complexity index is 477. The van der Waals surface area contributed by atoms with Gasteiger partial charge in [0.05, 0.1) is 0 Å². The second-order valence-electron chi connectivity index (χ2n) is 5.43. The van der Waals surface area contributed by atoms with Crippen LogP contribution in [0.2, 0.25) is 0 Å². The van der Waals surface area contributed by atoms with E-state index >= 15 is 0 Å². The molecule has 0 spiro atoms. The fraction of sp³-hybridized carbons (Fsp3) is 0.429. The highest BCUT2D eigenvalue weighted by Crippen LogP contribution is 2.12. The molecule has 0 heterocycles. The third kappa shape index (κ3) is 5.17. The molecule has 6 nitrogen and oxygen atoms in total. The fourth-order valence-corrected chi connectivity index (χ4v) is 1.53. The van der Waals surface area contributed by atoms with Gasteiger partial charge < -0.3 is 15.6 Å². The van der Waals surface area contributed by atoms with Gasteiger partial charge in [-0.3, -0.25) is 5.41 Å². The van der Waals surface area contributed by atoms with E-state index in [1.54, 1.807) is 45.0 Å². The molecule has 0 radical (unpaired) electrons. The highest BCUT2D eigenvalue weighted by atomic mass is 16.6. The standard InChI is InChI=1S/C14H21N3O3/c1-14(2,3)20-13(19)17(12(15)16)9-8-10-4-6-11(18)7-5-10/h4-7,18H,8-9H2,1-3H3,(H3,15,16). The Labute approximate surface area is 118 Å². The van der Waals surface area contributed by atoms with Crippen molar-refractivity contribution in [3.8, 4) is 5.75 Å². The molecular formula is C14H21N3O3. The smallest absolute Gasteiger partial charge is 0.417 e. The van der Waals surface area contributed by atoms with Crippen molar-refractivity contribution < 1.29 is 14.6 Å². The van der Waals surface area contributed by atoms with Gasteiger partial charge in [-0.05, 0) is 44.9 Å². The first-order valence-electron chi connectivity index (χ1n) is 6.31. The van der Waals surface area contributed by atoms with Crippen LogP contribution in [0.1, 0.15) is 26.3 Å². The summed E-state index contributed by atoms with van der Waals surface area (Å²) in [6.07, 6.45) is -0.122. The number of hydrogen-bond acceptors (Lipinski definition) is 4. The van der Waals surface area contributed by atoms with E-state index in [2.05, 4.69) is 0 Å². The molecule has 20 heavy (non-hydrogen) atoms. The second-order valence-corrected chi connectivity index (χ2v) is 5.43. The molecule has 0 aliphatic carbocycles. The quantitative estimate of drug-likeness (QED) is 0.582. The lowest BCUT2D eigenvalue weighted by Gasteiger charge is -2.26. The van der Waals surface area contributed by atoms with E-state index in [-0.39, 0.29) is 18.3 Å². The summed E-state index contributed by atoms with van der Waals surface area (Å²) >= 11 is 0. The molecule has 1 amide bonds. The van der Waals surface area contributed by atoms with Crippen LogP contribution in [0, 0.1) is 5.41 Å². The van der Waals surface area contributed by atoms with E-state index in [9.17, 15) is 9.90 Å². The molecule has 0 fully saturated rings. The maximum absolute atomic E-state index is 11.9. The minimum Gasteiger partial charge on any atom is -0.508 e. The predicted molar refractivity (Wildman–Crippen MR) is 76.7 cm³/mol. The lowest BCUT2D eigenvalue weighted by Crippen LogP contribution is -2.45. The van der Waals surface area contributed by atoms with Crippen LogP contribution < -0.4 is 5.73 Å². The van der Waals surface area contributed by atoms with Gasteiger partial charge in [0.25, 0.3) is 0 Å². The number of phenolic OH excluding ortho intramolecular Hbond substituents is 1. The lowest BCUT2D eigenvalue weighted by molar-refractivity contribution is 0.0368. The molecule has 0 aliphatic heterocycles. The molecular weight excluding hydrogens is 258 g/mol. The van der Waals surface area contributed by atoms with Crippen molar-refractivity contribution in [3.63, 3.8) is 0 Å². The molecule has 1 aromatic carbocycles. The first-order chi connectivity index (χ1) is 9.19. The van der Waals surface area contributed by atoms with Gasteiger partial charge in [0.2, 0.25) is 0 Å². The Balaban J connectivity index is 2.66. The Hall–Kier alpha value is -2.24. The maximum atomic E-state index is 11.9. The topological polar surface area (TPSA) is 99.6 Å². The van der Waals surface area contributed by atoms with E-state index in [1.807, 2.05) is 0 Å². The summed E-state index contributed by atoms with van der Waals surface area (Å²) in [5.74, 6) is -0.164. The van der Waals surface area contributed by atoms with E-state index in [1.165, 1.54) is 0 Å². The molecule has 1 aromatic rings. The fourth-order valence-electron chi connectivity index (χ4n) is 1.53. The minimum atomic E-state index is -0.636. The zero-order valence-corrected chi connectivity index (χ0v) is 12.0. The summed E-state index contributed by atoms with van der Waals surface area (Å²) in [5.41, 5.74) is 5.71. The summed E-state index contributed by atoms with van der Waals surface area (Å²) in [5, 5.41) is 16.7. The van der Waals surface area contributed by atoms with Crippen LogP contribution in [0.4, 0.5) is 4.79 Å². The summed E-state index contributed by atoms with van der Waals surface area (Å²) < 4.78 is 5.19. The van der Waals surface area contributed by atoms with Crippen LogP contribution in [0.3, 0.4) is 0 Å². The highest BCUT2D eigenvalue weighted by molar-refractivity contribution is 5.91. The summed E-state index contributed by atoms with van der Waals surface area (Å²) in [4.78, 5) is 13.0. The van der Waals surface area contributed by atoms with Crippen LogP contribution in [0.15, 0.2) is 24.3 Å². The van der Waals surface area contributed by atoms with Crippen molar-refractivity contribution in [1.82, 2.24) is 4.90 Å². The molecule has 0 saturated carbocycles. The Kier molecular flexibility index (Phi) is 4.96. The van der Waals surface area contributed by atoms with Crippen molar-refractivity contribution in [2.45, 2.75) is 32.8 Å². The van der Waals surface area contributed by atoms with Crippen LogP contribution in [0.5, 0.6) is 5.75 Å². The van der Waals surface area contributed by atoms with Gasteiger partial charge in [-0.1, -0.05) is 12.1 Å².